The molecule has 18 heavy (non-hydrogen) atoms. The number of anilines is 1. The monoisotopic (exact) mass is 248 g/mol. The normalized spacial score (nSPS) is 11.9. The number of rotatable bonds is 6. The van der Waals surface area contributed by atoms with Crippen molar-refractivity contribution < 1.29 is 0 Å². The van der Waals surface area contributed by atoms with E-state index in [0.717, 1.165) is 6.54 Å². The first-order valence-corrected chi connectivity index (χ1v) is 6.89. The average molecular weight is 248 g/mol. The van der Waals surface area contributed by atoms with Crippen LogP contribution >= 0.6 is 0 Å². The number of nitrogens with zero attached hydrogens (tertiary/aromatic N) is 1. The molecule has 0 fully saturated rings. The van der Waals surface area contributed by atoms with Crippen molar-refractivity contribution in [3.05, 3.63) is 29.8 Å². The number of nitrogens with one attached hydrogen (secondary N) is 1. The molecule has 102 valence electrons. The van der Waals surface area contributed by atoms with Gasteiger partial charge in [0.25, 0.3) is 0 Å². The van der Waals surface area contributed by atoms with Crippen molar-refractivity contribution in [1.82, 2.24) is 4.90 Å². The van der Waals surface area contributed by atoms with Crippen LogP contribution in [0.25, 0.3) is 0 Å². The zero-order chi connectivity index (χ0) is 13.6. The molecule has 0 aliphatic carbocycles. The van der Waals surface area contributed by atoms with E-state index in [4.69, 9.17) is 0 Å². The van der Waals surface area contributed by atoms with Gasteiger partial charge in [0.1, 0.15) is 0 Å². The Morgan fingerprint density at radius 2 is 1.72 bits per heavy atom. The number of hydrogen-bond acceptors (Lipinski definition) is 2. The van der Waals surface area contributed by atoms with Gasteiger partial charge in [-0.3, -0.25) is 0 Å². The third kappa shape index (κ3) is 5.09. The zero-order valence-electron chi connectivity index (χ0n) is 12.6. The predicted molar refractivity (Wildman–Crippen MR) is 81.4 cm³/mol. The molecule has 0 radical (unpaired) electrons. The van der Waals surface area contributed by atoms with Crippen molar-refractivity contribution in [3.63, 3.8) is 0 Å². The maximum absolute atomic E-state index is 3.58. The molecule has 0 heterocycles. The lowest BCUT2D eigenvalue weighted by molar-refractivity contribution is 0.396. The standard InChI is InChI=1S/C16H28N2/c1-16(2,3)14-10-6-7-11-15(14)17-12-8-9-13-18(4)5/h6-7,10-11,17H,8-9,12-13H2,1-5H3. The molecular weight excluding hydrogens is 220 g/mol. The van der Waals surface area contributed by atoms with Crippen LogP contribution in [0.5, 0.6) is 0 Å². The highest BCUT2D eigenvalue weighted by atomic mass is 15.0. The maximum atomic E-state index is 3.58. The topological polar surface area (TPSA) is 15.3 Å². The molecule has 1 N–H and O–H groups in total. The van der Waals surface area contributed by atoms with Crippen LogP contribution in [0.3, 0.4) is 0 Å². The summed E-state index contributed by atoms with van der Waals surface area (Å²) in [6.07, 6.45) is 2.47. The van der Waals surface area contributed by atoms with Crippen LogP contribution in [0.2, 0.25) is 0 Å². The Morgan fingerprint density at radius 3 is 2.33 bits per heavy atom. The fourth-order valence-corrected chi connectivity index (χ4v) is 2.07. The van der Waals surface area contributed by atoms with Crippen molar-refractivity contribution >= 4 is 5.69 Å². The second-order valence-electron chi connectivity index (χ2n) is 6.23. The largest absolute Gasteiger partial charge is 0.385 e. The van der Waals surface area contributed by atoms with Crippen LogP contribution in [0.4, 0.5) is 5.69 Å². The summed E-state index contributed by atoms with van der Waals surface area (Å²) in [4.78, 5) is 2.24. The van der Waals surface area contributed by atoms with Gasteiger partial charge in [0.2, 0.25) is 0 Å². The van der Waals surface area contributed by atoms with E-state index in [9.17, 15) is 0 Å². The average Bonchev–Trinajstić information content (AvgIpc) is 2.27. The molecule has 0 aliphatic heterocycles. The first kappa shape index (κ1) is 15.0. The Hall–Kier alpha value is -1.02. The lowest BCUT2D eigenvalue weighted by Gasteiger charge is -2.23. The number of hydrogen-bond donors (Lipinski definition) is 1. The van der Waals surface area contributed by atoms with Gasteiger partial charge < -0.3 is 10.2 Å². The molecule has 0 saturated heterocycles. The van der Waals surface area contributed by atoms with Crippen molar-refractivity contribution in [2.75, 3.05) is 32.5 Å². The van der Waals surface area contributed by atoms with Gasteiger partial charge >= 0.3 is 0 Å². The quantitative estimate of drug-likeness (QED) is 0.772. The zero-order valence-corrected chi connectivity index (χ0v) is 12.6. The Bertz CT molecular complexity index is 350. The Kier molecular flexibility index (Phi) is 5.67. The minimum Gasteiger partial charge on any atom is -0.385 e. The molecule has 0 atom stereocenters. The fourth-order valence-electron chi connectivity index (χ4n) is 2.07. The molecule has 0 aromatic heterocycles. The third-order valence-corrected chi connectivity index (χ3v) is 3.08. The molecule has 0 bridgehead atoms. The van der Waals surface area contributed by atoms with Gasteiger partial charge in [-0.1, -0.05) is 39.0 Å². The van der Waals surface area contributed by atoms with Gasteiger partial charge in [-0.2, -0.15) is 0 Å². The molecule has 2 nitrogen and oxygen atoms in total. The Labute approximate surface area is 112 Å². The van der Waals surface area contributed by atoms with E-state index in [0.29, 0.717) is 0 Å². The second-order valence-corrected chi connectivity index (χ2v) is 6.23. The van der Waals surface area contributed by atoms with E-state index in [1.807, 2.05) is 0 Å². The van der Waals surface area contributed by atoms with Crippen molar-refractivity contribution in [1.29, 1.82) is 0 Å². The Balaban J connectivity index is 2.47. The first-order chi connectivity index (χ1) is 8.41. The van der Waals surface area contributed by atoms with Crippen LogP contribution in [-0.2, 0) is 5.41 Å². The lowest BCUT2D eigenvalue weighted by Crippen LogP contribution is -2.16. The van der Waals surface area contributed by atoms with Gasteiger partial charge in [-0.15, -0.1) is 0 Å². The van der Waals surface area contributed by atoms with Crippen molar-refractivity contribution in [2.45, 2.75) is 39.0 Å². The summed E-state index contributed by atoms with van der Waals surface area (Å²) in [5.41, 5.74) is 2.89. The van der Waals surface area contributed by atoms with Crippen molar-refractivity contribution in [3.8, 4) is 0 Å². The summed E-state index contributed by atoms with van der Waals surface area (Å²) >= 11 is 0. The number of benzene rings is 1. The highest BCUT2D eigenvalue weighted by molar-refractivity contribution is 5.54. The minimum absolute atomic E-state index is 0.202. The summed E-state index contributed by atoms with van der Waals surface area (Å²) in [7, 11) is 4.25. The summed E-state index contributed by atoms with van der Waals surface area (Å²) in [5, 5.41) is 3.58. The molecule has 0 saturated carbocycles. The fraction of sp³-hybridized carbons (Fsp3) is 0.625. The molecular formula is C16H28N2. The number of unbranched alkanes of at least 4 members (excludes halogenated alkanes) is 1. The molecule has 2 heteroatoms. The van der Waals surface area contributed by atoms with E-state index in [-0.39, 0.29) is 5.41 Å². The van der Waals surface area contributed by atoms with Crippen LogP contribution < -0.4 is 5.32 Å². The van der Waals surface area contributed by atoms with Gasteiger partial charge in [0, 0.05) is 12.2 Å². The van der Waals surface area contributed by atoms with Gasteiger partial charge in [-0.25, -0.2) is 0 Å². The molecule has 1 aromatic carbocycles. The van der Waals surface area contributed by atoms with Gasteiger partial charge in [-0.05, 0) is 50.5 Å². The van der Waals surface area contributed by atoms with Crippen molar-refractivity contribution in [2.24, 2.45) is 0 Å². The van der Waals surface area contributed by atoms with Crippen LogP contribution in [0, 0.1) is 0 Å². The van der Waals surface area contributed by atoms with E-state index in [2.05, 4.69) is 69.3 Å². The number of para-hydroxylation sites is 1. The SMILES string of the molecule is CN(C)CCCCNc1ccccc1C(C)(C)C. The van der Waals surface area contributed by atoms with Crippen LogP contribution in [0.1, 0.15) is 39.2 Å². The van der Waals surface area contributed by atoms with E-state index < -0.39 is 0 Å². The predicted octanol–water partition coefficient (Wildman–Crippen LogP) is 3.74. The van der Waals surface area contributed by atoms with Gasteiger partial charge in [0.05, 0.1) is 0 Å². The van der Waals surface area contributed by atoms with E-state index in [1.54, 1.807) is 0 Å². The lowest BCUT2D eigenvalue weighted by atomic mass is 9.86. The summed E-state index contributed by atoms with van der Waals surface area (Å²) in [6.45, 7) is 9.02. The van der Waals surface area contributed by atoms with Crippen LogP contribution in [0.15, 0.2) is 24.3 Å². The van der Waals surface area contributed by atoms with E-state index in [1.165, 1.54) is 30.6 Å². The molecule has 0 unspecified atom stereocenters. The second kappa shape index (κ2) is 6.79. The van der Waals surface area contributed by atoms with Gasteiger partial charge in [0.15, 0.2) is 0 Å². The maximum Gasteiger partial charge on any atom is 0.0378 e. The summed E-state index contributed by atoms with van der Waals surface area (Å²) in [5.74, 6) is 0. The molecule has 0 aliphatic rings. The minimum atomic E-state index is 0.202. The van der Waals surface area contributed by atoms with E-state index >= 15 is 0 Å². The summed E-state index contributed by atoms with van der Waals surface area (Å²) in [6, 6.07) is 8.64. The Morgan fingerprint density at radius 1 is 1.06 bits per heavy atom. The molecule has 1 aromatic rings. The molecule has 0 amide bonds. The highest BCUT2D eigenvalue weighted by Crippen LogP contribution is 2.29. The molecule has 1 rings (SSSR count). The first-order valence-electron chi connectivity index (χ1n) is 6.89. The third-order valence-electron chi connectivity index (χ3n) is 3.08. The van der Waals surface area contributed by atoms with Crippen LogP contribution in [-0.4, -0.2) is 32.1 Å². The molecule has 0 spiro atoms. The highest BCUT2D eigenvalue weighted by Gasteiger charge is 2.16. The smallest absolute Gasteiger partial charge is 0.0378 e. The summed E-state index contributed by atoms with van der Waals surface area (Å²) < 4.78 is 0.